The third kappa shape index (κ3) is 17.1. The van der Waals surface area contributed by atoms with E-state index in [0.29, 0.717) is 51.4 Å². The molecule has 113 heavy (non-hydrogen) atoms. The van der Waals surface area contributed by atoms with Crippen LogP contribution < -0.4 is 0 Å². The van der Waals surface area contributed by atoms with Crippen molar-refractivity contribution in [1.29, 1.82) is 0 Å². The van der Waals surface area contributed by atoms with Crippen LogP contribution in [0.3, 0.4) is 0 Å². The van der Waals surface area contributed by atoms with Crippen molar-refractivity contribution in [1.82, 2.24) is 0 Å². The Kier molecular flexibility index (Phi) is 27.2. The molecule has 5 aliphatic carbocycles. The fourth-order valence-electron chi connectivity index (χ4n) is 20.7. The van der Waals surface area contributed by atoms with Gasteiger partial charge in [-0.3, -0.25) is 4.79 Å². The first kappa shape index (κ1) is 89.2. The zero-order chi connectivity index (χ0) is 82.5. The summed E-state index contributed by atoms with van der Waals surface area (Å²) in [5.41, 5.74) is -3.12. The quantitative estimate of drug-likeness (QED) is 0.0226. The van der Waals surface area contributed by atoms with Crippen molar-refractivity contribution in [3.63, 3.8) is 0 Å². The highest BCUT2D eigenvalue weighted by Crippen LogP contribution is 2.76. The van der Waals surface area contributed by atoms with Crippen molar-refractivity contribution in [2.75, 3.05) is 39.6 Å². The summed E-state index contributed by atoms with van der Waals surface area (Å²) in [5, 5.41) is 198. The van der Waals surface area contributed by atoms with Gasteiger partial charge >= 0.3 is 11.9 Å². The van der Waals surface area contributed by atoms with E-state index in [-0.39, 0.29) is 46.5 Å². The van der Waals surface area contributed by atoms with Gasteiger partial charge in [0.25, 0.3) is 0 Å². The van der Waals surface area contributed by atoms with Gasteiger partial charge in [0.05, 0.1) is 56.3 Å². The number of fused-ring (bicyclic) bond motifs is 7. The van der Waals surface area contributed by atoms with Crippen molar-refractivity contribution in [2.24, 2.45) is 50.2 Å². The number of hydrogen-bond acceptors (Lipinski definition) is 35. The zero-order valence-corrected chi connectivity index (χ0v) is 65.9. The number of allylic oxidation sites excluding steroid dienone is 3. The smallest absolute Gasteiger partial charge is 0.333 e. The van der Waals surface area contributed by atoms with Gasteiger partial charge in [-0.1, -0.05) is 72.3 Å². The molecule has 12 rings (SSSR count). The standard InChI is InChI=1S/C78H124O35/c1-12-74(8,98)19-13-14-33(2)63(96)99-31-41-50(87)52(89)62(112-67-57(94)53(90)59(34(3)105-67)109-66-58(95)60(40(82)30-102-66)110-64-54(91)46(83)37(79)27-100-64)70(107-41)113-71(97)78-24-22-72(4,5)26-36(78)35-15-16-44-75(9)20-18-45(73(6,7)43(75)17-21-77(44,11)76(35,10)23-25-78)108-68-56(93)51(88)49(86)42(106-68)32-104-69-61(48(85)39(81)29-103-69)111-65-55(92)47(84)38(80)28-101-65/h12,14-15,34,36-62,64-70,79-95,98H,1,13,16-32H2,2-11H3/b33-14+/t34-,36-,37+,38+,39-,40+,41+,42+,43?,44?,45-,46-,47-,48-,49+,50?,51-,52-,53-,54+,55+,56+,57+,58+,59-,60-,61+,62?,64-,65-,66-,67-,68-,69-,70-,74+,75-,76+,77+,78-/m0/s1. The van der Waals surface area contributed by atoms with Crippen LogP contribution in [-0.4, -0.2) is 346 Å². The number of aliphatic hydroxyl groups excluding tert-OH is 17. The van der Waals surface area contributed by atoms with Crippen molar-refractivity contribution < 1.29 is 173 Å². The fourth-order valence-corrected chi connectivity index (χ4v) is 20.7. The molecule has 4 unspecified atom stereocenters. The summed E-state index contributed by atoms with van der Waals surface area (Å²) < 4.78 is 89.7. The molecule has 7 aliphatic heterocycles. The van der Waals surface area contributed by atoms with E-state index in [1.54, 1.807) is 13.0 Å². The average molecular weight is 1620 g/mol. The van der Waals surface area contributed by atoms with Crippen LogP contribution in [0.2, 0.25) is 0 Å². The molecule has 0 bridgehead atoms. The van der Waals surface area contributed by atoms with Crippen molar-refractivity contribution in [3.8, 4) is 0 Å². The van der Waals surface area contributed by atoms with Gasteiger partial charge in [0.1, 0.15) is 141 Å². The summed E-state index contributed by atoms with van der Waals surface area (Å²) >= 11 is 0. The number of ether oxygens (including phenoxy) is 15. The van der Waals surface area contributed by atoms with Crippen molar-refractivity contribution >= 4 is 11.9 Å². The van der Waals surface area contributed by atoms with E-state index >= 15 is 4.79 Å². The van der Waals surface area contributed by atoms with Crippen LogP contribution >= 0.6 is 0 Å². The molecule has 0 radical (unpaired) electrons. The Labute approximate surface area is 656 Å². The molecule has 0 amide bonds. The molecular weight excluding hydrogens is 1500 g/mol. The Bertz CT molecular complexity index is 3330. The third-order valence-corrected chi connectivity index (χ3v) is 28.2. The van der Waals surface area contributed by atoms with E-state index < -0.39 is 276 Å². The minimum atomic E-state index is -2.06. The maximum absolute atomic E-state index is 16.1. The average Bonchev–Trinajstić information content (AvgIpc) is 0.674. The maximum Gasteiger partial charge on any atom is 0.333 e. The summed E-state index contributed by atoms with van der Waals surface area (Å²) in [4.78, 5) is 29.6. The third-order valence-electron chi connectivity index (χ3n) is 28.2. The normalized spacial score (nSPS) is 50.6. The van der Waals surface area contributed by atoms with Gasteiger partial charge < -0.3 is 163 Å². The highest BCUT2D eigenvalue weighted by Gasteiger charge is 2.71. The number of carbonyl (C=O) groups excluding carboxylic acids is 2. The van der Waals surface area contributed by atoms with E-state index in [2.05, 4.69) is 61.1 Å². The molecule has 0 aromatic rings. The topological polar surface area (TPSA) is 537 Å². The van der Waals surface area contributed by atoms with Crippen LogP contribution in [0.15, 0.2) is 36.0 Å². The first-order valence-electron chi connectivity index (χ1n) is 39.9. The predicted octanol–water partition coefficient (Wildman–Crippen LogP) is -2.76. The second-order valence-corrected chi connectivity index (χ2v) is 36.3. The molecule has 4 saturated carbocycles. The molecule has 0 aromatic heterocycles. The molecule has 35 heteroatoms. The molecule has 0 spiro atoms. The number of rotatable bonds is 22. The lowest BCUT2D eigenvalue weighted by molar-refractivity contribution is -0.379. The summed E-state index contributed by atoms with van der Waals surface area (Å²) in [7, 11) is 0. The Morgan fingerprint density at radius 1 is 0.531 bits per heavy atom. The van der Waals surface area contributed by atoms with Crippen molar-refractivity contribution in [3.05, 3.63) is 36.0 Å². The van der Waals surface area contributed by atoms with E-state index in [1.807, 2.05) is 0 Å². The van der Waals surface area contributed by atoms with E-state index in [4.69, 9.17) is 71.1 Å². The van der Waals surface area contributed by atoms with Crippen LogP contribution in [0.5, 0.6) is 0 Å². The van der Waals surface area contributed by atoms with Crippen molar-refractivity contribution in [2.45, 2.75) is 349 Å². The van der Waals surface area contributed by atoms with E-state index in [1.165, 1.54) is 19.9 Å². The van der Waals surface area contributed by atoms with Crippen LogP contribution in [0.4, 0.5) is 0 Å². The Morgan fingerprint density at radius 2 is 1.04 bits per heavy atom. The van der Waals surface area contributed by atoms with Crippen LogP contribution in [-0.2, 0) is 80.6 Å². The number of aliphatic hydroxyl groups is 18. The summed E-state index contributed by atoms with van der Waals surface area (Å²) in [6.07, 6.45) is -40.8. The van der Waals surface area contributed by atoms with Gasteiger partial charge in [0.2, 0.25) is 6.29 Å². The molecule has 7 saturated heterocycles. The molecule has 11 fully saturated rings. The van der Waals surface area contributed by atoms with E-state index in [9.17, 15) is 96.7 Å². The predicted molar refractivity (Wildman–Crippen MR) is 383 cm³/mol. The van der Waals surface area contributed by atoms with Gasteiger partial charge in [0, 0.05) is 5.57 Å². The fraction of sp³-hybridized carbons (Fsp3) is 0.897. The van der Waals surface area contributed by atoms with Gasteiger partial charge in [0.15, 0.2) is 43.8 Å². The van der Waals surface area contributed by atoms with Gasteiger partial charge in [-0.2, -0.15) is 0 Å². The summed E-state index contributed by atoms with van der Waals surface area (Å²) in [5.74, 6) is -1.77. The Hall–Kier alpha value is -3.08. The maximum atomic E-state index is 16.1. The minimum Gasteiger partial charge on any atom is -0.459 e. The lowest BCUT2D eigenvalue weighted by atomic mass is 9.33. The number of carbonyl (C=O) groups is 2. The molecule has 0 aromatic carbocycles. The molecule has 646 valence electrons. The first-order valence-corrected chi connectivity index (χ1v) is 39.9. The lowest BCUT2D eigenvalue weighted by Crippen LogP contribution is -2.67. The SMILES string of the molecule is C=C[C@@](C)(O)CC/C=C(\C)C(=O)OC[C@H]1O[C@@H](OC(=O)[C@]23CCC(C)(C)C[C@H]2C2=CCC4[C@@]5(C)CC[C@H](O[C@@H]6O[C@H](CO[C@@H]7OC[C@H](O)[C@H](O)[C@H]7O[C@@H]7OC[C@@H](O)[C@H](O)[C@H]7O)[C@@H](O)[C@H](O)[C@H]6O)C(C)(C)C5CC[C@@]4(C)[C@]2(C)CC3)C(O[C@@H]2O[C@@H](C)[C@H](O[C@@H]3OC[C@@H](O)[C@H](O[C@@H]4OC[C@@H](O)[C@H](O)[C@H]4O)[C@H]3O)[C@@H](O)[C@H]2O)[C@@H](O)C1O. The second kappa shape index (κ2) is 34.4. The second-order valence-electron chi connectivity index (χ2n) is 36.3. The van der Waals surface area contributed by atoms with Crippen LogP contribution in [0.1, 0.15) is 146 Å². The van der Waals surface area contributed by atoms with Gasteiger partial charge in [-0.15, -0.1) is 6.58 Å². The molecule has 12 aliphatic rings. The van der Waals surface area contributed by atoms with Crippen LogP contribution in [0.25, 0.3) is 0 Å². The Morgan fingerprint density at radius 3 is 1.69 bits per heavy atom. The first-order chi connectivity index (χ1) is 52.9. The molecule has 40 atom stereocenters. The Balaban J connectivity index is 0.751. The monoisotopic (exact) mass is 1620 g/mol. The lowest BCUT2D eigenvalue weighted by Gasteiger charge is -2.71. The molecule has 7 heterocycles. The largest absolute Gasteiger partial charge is 0.459 e. The molecule has 35 nitrogen and oxygen atoms in total. The molecular formula is C78H124O35. The number of hydrogen-bond donors (Lipinski definition) is 18. The van der Waals surface area contributed by atoms with Crippen LogP contribution in [0, 0.1) is 50.2 Å². The van der Waals surface area contributed by atoms with Gasteiger partial charge in [-0.25, -0.2) is 4.79 Å². The highest BCUT2D eigenvalue weighted by atomic mass is 16.8. The number of esters is 2. The van der Waals surface area contributed by atoms with E-state index in [0.717, 1.165) is 18.4 Å². The summed E-state index contributed by atoms with van der Waals surface area (Å²) in [6.45, 7) is 20.8. The van der Waals surface area contributed by atoms with Gasteiger partial charge in [-0.05, 0) is 143 Å². The summed E-state index contributed by atoms with van der Waals surface area (Å²) in [6, 6.07) is 0. The zero-order valence-electron chi connectivity index (χ0n) is 65.9. The minimum absolute atomic E-state index is 0.0369. The molecule has 18 N–H and O–H groups in total. The highest BCUT2D eigenvalue weighted by molar-refractivity contribution is 5.87.